The first kappa shape index (κ1) is 19.4. The molecule has 0 amide bonds. The highest BCUT2D eigenvalue weighted by atomic mass is 32.2. The fourth-order valence-electron chi connectivity index (χ4n) is 4.51. The molecule has 0 N–H and O–H groups in total. The molecule has 0 radical (unpaired) electrons. The van der Waals surface area contributed by atoms with Crippen molar-refractivity contribution in [1.29, 1.82) is 0 Å². The van der Waals surface area contributed by atoms with Gasteiger partial charge in [0.25, 0.3) is 0 Å². The van der Waals surface area contributed by atoms with E-state index in [2.05, 4.69) is 17.5 Å². The van der Waals surface area contributed by atoms with Gasteiger partial charge in [-0.25, -0.2) is 8.42 Å². The summed E-state index contributed by atoms with van der Waals surface area (Å²) in [6.07, 6.45) is 3.06. The van der Waals surface area contributed by atoms with Crippen molar-refractivity contribution in [1.82, 2.24) is 9.21 Å². The number of fused-ring (bicyclic) bond motifs is 1. The Kier molecular flexibility index (Phi) is 5.17. The van der Waals surface area contributed by atoms with Crippen LogP contribution in [0.1, 0.15) is 48.9 Å². The zero-order valence-electron chi connectivity index (χ0n) is 16.6. The van der Waals surface area contributed by atoms with Crippen LogP contribution in [0.15, 0.2) is 60.0 Å². The Hall–Kier alpha value is -1.95. The van der Waals surface area contributed by atoms with Crippen LogP contribution >= 0.6 is 0 Å². The summed E-state index contributed by atoms with van der Waals surface area (Å²) in [5.74, 6) is 0. The van der Waals surface area contributed by atoms with E-state index in [1.54, 1.807) is 16.4 Å². The van der Waals surface area contributed by atoms with Crippen molar-refractivity contribution in [2.45, 2.75) is 50.2 Å². The zero-order valence-corrected chi connectivity index (χ0v) is 17.5. The highest BCUT2D eigenvalue weighted by molar-refractivity contribution is 7.89. The Morgan fingerprint density at radius 3 is 2.29 bits per heavy atom. The molecule has 1 fully saturated rings. The second-order valence-electron chi connectivity index (χ2n) is 7.91. The van der Waals surface area contributed by atoms with Gasteiger partial charge in [-0.05, 0) is 68.6 Å². The smallest absolute Gasteiger partial charge is 0.245 e. The van der Waals surface area contributed by atoms with Crippen LogP contribution in [0.3, 0.4) is 0 Å². The van der Waals surface area contributed by atoms with Crippen LogP contribution in [0.5, 0.6) is 0 Å². The number of rotatable bonds is 3. The molecule has 0 aliphatic carbocycles. The van der Waals surface area contributed by atoms with E-state index in [0.29, 0.717) is 4.90 Å². The first-order valence-electron chi connectivity index (χ1n) is 10.0. The number of hydrogen-bond donors (Lipinski definition) is 0. The maximum Gasteiger partial charge on any atom is 0.245 e. The lowest BCUT2D eigenvalue weighted by atomic mass is 9.89. The minimum absolute atomic E-state index is 0.250. The average molecular weight is 397 g/mol. The number of nitrogens with zero attached hydrogens (tertiary/aromatic N) is 2. The summed E-state index contributed by atoms with van der Waals surface area (Å²) in [4.78, 5) is 2.64. The molecular weight excluding hydrogens is 368 g/mol. The summed E-state index contributed by atoms with van der Waals surface area (Å²) >= 11 is 0. The third-order valence-corrected chi connectivity index (χ3v) is 7.96. The van der Waals surface area contributed by atoms with Crippen molar-refractivity contribution in [2.24, 2.45) is 0 Å². The summed E-state index contributed by atoms with van der Waals surface area (Å²) in [7, 11) is -3.67. The van der Waals surface area contributed by atoms with E-state index >= 15 is 0 Å². The summed E-state index contributed by atoms with van der Waals surface area (Å²) in [6, 6.07) is 15.0. The molecule has 0 bridgehead atoms. The molecule has 2 unspecified atom stereocenters. The second kappa shape index (κ2) is 7.47. The largest absolute Gasteiger partial charge is 0.283 e. The van der Waals surface area contributed by atoms with E-state index in [4.69, 9.17) is 0 Å². The average Bonchev–Trinajstić information content (AvgIpc) is 2.71. The topological polar surface area (TPSA) is 40.6 Å². The number of likely N-dealkylation sites (tertiary alicyclic amines) is 1. The van der Waals surface area contributed by atoms with Crippen LogP contribution < -0.4 is 0 Å². The molecule has 4 nitrogen and oxygen atoms in total. The highest BCUT2D eigenvalue weighted by Gasteiger charge is 2.44. The Morgan fingerprint density at radius 2 is 1.61 bits per heavy atom. The lowest BCUT2D eigenvalue weighted by Crippen LogP contribution is -2.55. The predicted molar refractivity (Wildman–Crippen MR) is 113 cm³/mol. The fourth-order valence-corrected chi connectivity index (χ4v) is 6.29. The molecule has 2 aliphatic heterocycles. The molecule has 148 valence electrons. The SMILES string of the molecule is C=C1c2ccccc2C(C)N(S(=O)(=O)c2ccc(C)cc2)C1N1CCCCC1. The predicted octanol–water partition coefficient (Wildman–Crippen LogP) is 4.59. The first-order chi connectivity index (χ1) is 13.4. The zero-order chi connectivity index (χ0) is 19.9. The number of hydrogen-bond acceptors (Lipinski definition) is 3. The minimum Gasteiger partial charge on any atom is -0.283 e. The van der Waals surface area contributed by atoms with Gasteiger partial charge in [0.15, 0.2) is 0 Å². The van der Waals surface area contributed by atoms with Gasteiger partial charge in [0.1, 0.15) is 6.17 Å². The van der Waals surface area contributed by atoms with Gasteiger partial charge in [0.2, 0.25) is 10.0 Å². The van der Waals surface area contributed by atoms with Gasteiger partial charge in [0.05, 0.1) is 4.90 Å². The van der Waals surface area contributed by atoms with Crippen molar-refractivity contribution >= 4 is 15.6 Å². The van der Waals surface area contributed by atoms with Crippen molar-refractivity contribution < 1.29 is 8.42 Å². The van der Waals surface area contributed by atoms with Crippen LogP contribution in [0, 0.1) is 6.92 Å². The van der Waals surface area contributed by atoms with E-state index in [1.807, 2.05) is 44.2 Å². The van der Waals surface area contributed by atoms with E-state index in [0.717, 1.165) is 48.2 Å². The monoisotopic (exact) mass is 396 g/mol. The van der Waals surface area contributed by atoms with E-state index < -0.39 is 10.0 Å². The summed E-state index contributed by atoms with van der Waals surface area (Å²) in [5.41, 5.74) is 4.04. The van der Waals surface area contributed by atoms with Crippen molar-refractivity contribution in [3.63, 3.8) is 0 Å². The maximum atomic E-state index is 13.8. The summed E-state index contributed by atoms with van der Waals surface area (Å²) in [5, 5.41) is 0. The molecule has 2 aliphatic rings. The normalized spacial score (nSPS) is 24.1. The third-order valence-electron chi connectivity index (χ3n) is 6.02. The molecule has 0 aromatic heterocycles. The fraction of sp³-hybridized carbons (Fsp3) is 0.391. The molecule has 2 heterocycles. The molecule has 2 aromatic rings. The molecule has 2 atom stereocenters. The number of aryl methyl sites for hydroxylation is 1. The van der Waals surface area contributed by atoms with E-state index in [1.165, 1.54) is 6.42 Å². The van der Waals surface area contributed by atoms with E-state index in [9.17, 15) is 8.42 Å². The van der Waals surface area contributed by atoms with Gasteiger partial charge in [0, 0.05) is 6.04 Å². The van der Waals surface area contributed by atoms with Crippen molar-refractivity contribution in [3.8, 4) is 0 Å². The molecule has 5 heteroatoms. The van der Waals surface area contributed by atoms with Gasteiger partial charge in [-0.1, -0.05) is 55.0 Å². The number of benzene rings is 2. The molecule has 28 heavy (non-hydrogen) atoms. The van der Waals surface area contributed by atoms with Crippen molar-refractivity contribution in [2.75, 3.05) is 13.1 Å². The summed E-state index contributed by atoms with van der Waals surface area (Å²) < 4.78 is 29.2. The number of sulfonamides is 1. The Labute approximate surface area is 168 Å². The Bertz CT molecular complexity index is 976. The molecule has 4 rings (SSSR count). The molecule has 1 saturated heterocycles. The minimum atomic E-state index is -3.67. The third kappa shape index (κ3) is 3.21. The lowest BCUT2D eigenvalue weighted by molar-refractivity contribution is 0.0958. The highest BCUT2D eigenvalue weighted by Crippen LogP contribution is 2.43. The first-order valence-corrected chi connectivity index (χ1v) is 11.5. The van der Waals surface area contributed by atoms with Crippen molar-refractivity contribution in [3.05, 3.63) is 71.8 Å². The quantitative estimate of drug-likeness (QED) is 0.762. The van der Waals surface area contributed by atoms with E-state index in [-0.39, 0.29) is 12.2 Å². The molecule has 2 aromatic carbocycles. The Balaban J connectivity index is 1.86. The molecular formula is C23H28N2O2S. The van der Waals surface area contributed by atoms with Crippen LogP contribution in [-0.2, 0) is 10.0 Å². The van der Waals surface area contributed by atoms with Gasteiger partial charge in [-0.15, -0.1) is 0 Å². The lowest BCUT2D eigenvalue weighted by Gasteiger charge is -2.47. The van der Waals surface area contributed by atoms with Gasteiger partial charge < -0.3 is 0 Å². The van der Waals surface area contributed by atoms with Gasteiger partial charge in [-0.2, -0.15) is 4.31 Å². The van der Waals surface area contributed by atoms with Crippen LogP contribution in [0.2, 0.25) is 0 Å². The Morgan fingerprint density at radius 1 is 0.964 bits per heavy atom. The molecule has 0 saturated carbocycles. The van der Waals surface area contributed by atoms with Crippen LogP contribution in [0.25, 0.3) is 5.57 Å². The standard InChI is InChI=1S/C23H28N2O2S/c1-17-11-13-20(14-12-17)28(26,27)25-19(3)22-10-6-5-9-21(22)18(2)23(25)24-15-7-4-8-16-24/h5-6,9-14,19,23H,2,4,7-8,15-16H2,1,3H3. The van der Waals surface area contributed by atoms with Crippen LogP contribution in [0.4, 0.5) is 0 Å². The van der Waals surface area contributed by atoms with Gasteiger partial charge in [-0.3, -0.25) is 4.90 Å². The maximum absolute atomic E-state index is 13.8. The second-order valence-corrected chi connectivity index (χ2v) is 9.75. The number of piperidine rings is 1. The molecule has 0 spiro atoms. The van der Waals surface area contributed by atoms with Gasteiger partial charge >= 0.3 is 0 Å². The summed E-state index contributed by atoms with van der Waals surface area (Å²) in [6.45, 7) is 10.1. The van der Waals surface area contributed by atoms with Crippen LogP contribution in [-0.4, -0.2) is 36.9 Å².